The lowest BCUT2D eigenvalue weighted by atomic mass is 10.1. The van der Waals surface area contributed by atoms with Gasteiger partial charge in [-0.15, -0.1) is 0 Å². The molecule has 1 atom stereocenters. The molecule has 1 N–H and O–H groups in total. The first-order valence-corrected chi connectivity index (χ1v) is 7.50. The Kier molecular flexibility index (Phi) is 4.00. The van der Waals surface area contributed by atoms with E-state index < -0.39 is 0 Å². The van der Waals surface area contributed by atoms with Gasteiger partial charge in [0.1, 0.15) is 17.6 Å². The highest BCUT2D eigenvalue weighted by molar-refractivity contribution is 5.59. The first kappa shape index (κ1) is 13.8. The Morgan fingerprint density at radius 2 is 2.00 bits per heavy atom. The van der Waals surface area contributed by atoms with Gasteiger partial charge in [-0.1, -0.05) is 25.1 Å². The summed E-state index contributed by atoms with van der Waals surface area (Å²) in [4.78, 5) is 0. The van der Waals surface area contributed by atoms with Gasteiger partial charge >= 0.3 is 0 Å². The molecule has 2 aromatic rings. The summed E-state index contributed by atoms with van der Waals surface area (Å²) in [6, 6.07) is 14.4. The number of fused-ring (bicyclic) bond motifs is 1. The van der Waals surface area contributed by atoms with Crippen molar-refractivity contribution in [1.29, 1.82) is 0 Å². The van der Waals surface area contributed by atoms with Crippen molar-refractivity contribution in [3.63, 3.8) is 0 Å². The third-order valence-corrected chi connectivity index (χ3v) is 3.61. The summed E-state index contributed by atoms with van der Waals surface area (Å²) in [5.74, 6) is 1.85. The maximum atomic E-state index is 6.12. The van der Waals surface area contributed by atoms with E-state index >= 15 is 0 Å². The number of ether oxygens (including phenoxy) is 2. The predicted octanol–water partition coefficient (Wildman–Crippen LogP) is 4.33. The molecule has 0 amide bonds. The molecule has 0 saturated heterocycles. The zero-order chi connectivity index (χ0) is 14.7. The van der Waals surface area contributed by atoms with Crippen molar-refractivity contribution < 1.29 is 9.47 Å². The van der Waals surface area contributed by atoms with Crippen LogP contribution in [0.5, 0.6) is 11.5 Å². The molecule has 3 nitrogen and oxygen atoms in total. The van der Waals surface area contributed by atoms with Crippen LogP contribution in [0.25, 0.3) is 0 Å². The number of anilines is 1. The zero-order valence-electron chi connectivity index (χ0n) is 12.6. The maximum absolute atomic E-state index is 6.12. The smallest absolute Gasteiger partial charge is 0.143 e. The van der Waals surface area contributed by atoms with Gasteiger partial charge in [-0.25, -0.2) is 0 Å². The quantitative estimate of drug-likeness (QED) is 0.906. The highest BCUT2D eigenvalue weighted by atomic mass is 16.5. The van der Waals surface area contributed by atoms with E-state index in [1.807, 2.05) is 12.1 Å². The van der Waals surface area contributed by atoms with Crippen LogP contribution >= 0.6 is 0 Å². The lowest BCUT2D eigenvalue weighted by Gasteiger charge is -2.28. The molecule has 0 aliphatic carbocycles. The van der Waals surface area contributed by atoms with Gasteiger partial charge in [0.25, 0.3) is 0 Å². The topological polar surface area (TPSA) is 30.5 Å². The highest BCUT2D eigenvalue weighted by Gasteiger charge is 2.20. The molecule has 1 unspecified atom stereocenters. The van der Waals surface area contributed by atoms with Crippen molar-refractivity contribution in [2.45, 2.75) is 26.4 Å². The van der Waals surface area contributed by atoms with Crippen LogP contribution in [0.4, 0.5) is 5.69 Å². The number of hydrogen-bond donors (Lipinski definition) is 1. The summed E-state index contributed by atoms with van der Waals surface area (Å²) in [6.45, 7) is 5.72. The van der Waals surface area contributed by atoms with E-state index in [2.05, 4.69) is 49.5 Å². The molecular weight excluding hydrogens is 262 g/mol. The second kappa shape index (κ2) is 6.08. The van der Waals surface area contributed by atoms with E-state index in [-0.39, 0.29) is 6.10 Å². The normalized spacial score (nSPS) is 16.6. The number of nitrogens with one attached hydrogen (secondary N) is 1. The molecule has 110 valence electrons. The van der Waals surface area contributed by atoms with Crippen LogP contribution in [-0.2, 0) is 0 Å². The Morgan fingerprint density at radius 1 is 1.19 bits per heavy atom. The van der Waals surface area contributed by atoms with Gasteiger partial charge in [0.2, 0.25) is 0 Å². The first-order chi connectivity index (χ1) is 10.3. The average molecular weight is 283 g/mol. The average Bonchev–Trinajstić information content (AvgIpc) is 2.52. The van der Waals surface area contributed by atoms with Crippen LogP contribution in [0.2, 0.25) is 0 Å². The van der Waals surface area contributed by atoms with Crippen molar-refractivity contribution in [1.82, 2.24) is 0 Å². The lowest BCUT2D eigenvalue weighted by molar-refractivity contribution is 0.210. The van der Waals surface area contributed by atoms with E-state index in [1.54, 1.807) is 0 Å². The van der Waals surface area contributed by atoms with Crippen molar-refractivity contribution in [3.8, 4) is 11.5 Å². The second-order valence-corrected chi connectivity index (χ2v) is 5.40. The van der Waals surface area contributed by atoms with Crippen LogP contribution in [0.3, 0.4) is 0 Å². The predicted molar refractivity (Wildman–Crippen MR) is 85.3 cm³/mol. The van der Waals surface area contributed by atoms with E-state index in [9.17, 15) is 0 Å². The van der Waals surface area contributed by atoms with Crippen molar-refractivity contribution in [2.24, 2.45) is 0 Å². The Morgan fingerprint density at radius 3 is 2.76 bits per heavy atom. The Labute approximate surface area is 125 Å². The van der Waals surface area contributed by atoms with Crippen LogP contribution in [0.1, 0.15) is 30.6 Å². The van der Waals surface area contributed by atoms with Gasteiger partial charge in [0.05, 0.1) is 18.8 Å². The monoisotopic (exact) mass is 283 g/mol. The molecule has 1 aliphatic heterocycles. The fourth-order valence-electron chi connectivity index (χ4n) is 2.46. The SMILES string of the molecule is CCCOc1ccc(C2CNc3ccc(C)cc3O2)cc1. The summed E-state index contributed by atoms with van der Waals surface area (Å²) in [6.07, 6.45) is 1.06. The molecule has 3 heteroatoms. The molecule has 0 fully saturated rings. The van der Waals surface area contributed by atoms with Crippen LogP contribution < -0.4 is 14.8 Å². The Hall–Kier alpha value is -2.16. The summed E-state index contributed by atoms with van der Waals surface area (Å²) in [5, 5.41) is 3.43. The summed E-state index contributed by atoms with van der Waals surface area (Å²) in [7, 11) is 0. The Bertz CT molecular complexity index is 607. The Balaban J connectivity index is 1.73. The number of hydrogen-bond acceptors (Lipinski definition) is 3. The number of benzene rings is 2. The fourth-order valence-corrected chi connectivity index (χ4v) is 2.46. The fraction of sp³-hybridized carbons (Fsp3) is 0.333. The third-order valence-electron chi connectivity index (χ3n) is 3.61. The van der Waals surface area contributed by atoms with Crippen LogP contribution in [0, 0.1) is 6.92 Å². The molecule has 0 radical (unpaired) electrons. The minimum Gasteiger partial charge on any atom is -0.494 e. The first-order valence-electron chi connectivity index (χ1n) is 7.50. The highest BCUT2D eigenvalue weighted by Crippen LogP contribution is 2.35. The molecule has 3 rings (SSSR count). The molecule has 0 spiro atoms. The van der Waals surface area contributed by atoms with Gasteiger partial charge in [0, 0.05) is 0 Å². The summed E-state index contributed by atoms with van der Waals surface area (Å²) >= 11 is 0. The van der Waals surface area contributed by atoms with Gasteiger partial charge in [0.15, 0.2) is 0 Å². The van der Waals surface area contributed by atoms with Gasteiger partial charge in [-0.2, -0.15) is 0 Å². The second-order valence-electron chi connectivity index (χ2n) is 5.40. The molecule has 21 heavy (non-hydrogen) atoms. The van der Waals surface area contributed by atoms with Gasteiger partial charge < -0.3 is 14.8 Å². The summed E-state index contributed by atoms with van der Waals surface area (Å²) in [5.41, 5.74) is 3.44. The maximum Gasteiger partial charge on any atom is 0.143 e. The van der Waals surface area contributed by atoms with Crippen LogP contribution in [0.15, 0.2) is 42.5 Å². The third kappa shape index (κ3) is 3.13. The molecule has 1 heterocycles. The largest absolute Gasteiger partial charge is 0.494 e. The minimum absolute atomic E-state index is 0.0412. The molecular formula is C18H21NO2. The molecule has 2 aromatic carbocycles. The van der Waals surface area contributed by atoms with Gasteiger partial charge in [-0.3, -0.25) is 0 Å². The van der Waals surface area contributed by atoms with Gasteiger partial charge in [-0.05, 0) is 48.7 Å². The van der Waals surface area contributed by atoms with Crippen molar-refractivity contribution in [3.05, 3.63) is 53.6 Å². The van der Waals surface area contributed by atoms with E-state index in [1.165, 1.54) is 11.1 Å². The van der Waals surface area contributed by atoms with Crippen LogP contribution in [-0.4, -0.2) is 13.2 Å². The van der Waals surface area contributed by atoms with E-state index in [0.717, 1.165) is 36.8 Å². The molecule has 0 aromatic heterocycles. The van der Waals surface area contributed by atoms with Crippen molar-refractivity contribution in [2.75, 3.05) is 18.5 Å². The van der Waals surface area contributed by atoms with Crippen molar-refractivity contribution >= 4 is 5.69 Å². The zero-order valence-corrected chi connectivity index (χ0v) is 12.6. The molecule has 0 bridgehead atoms. The lowest BCUT2D eigenvalue weighted by Crippen LogP contribution is -2.23. The standard InChI is InChI=1S/C18H21NO2/c1-3-10-20-15-7-5-14(6-8-15)18-12-19-16-9-4-13(2)11-17(16)21-18/h4-9,11,18-19H,3,10,12H2,1-2H3. The molecule has 0 saturated carbocycles. The molecule has 1 aliphatic rings. The van der Waals surface area contributed by atoms with E-state index in [0.29, 0.717) is 0 Å². The summed E-state index contributed by atoms with van der Waals surface area (Å²) < 4.78 is 11.7. The minimum atomic E-state index is 0.0412. The van der Waals surface area contributed by atoms with E-state index in [4.69, 9.17) is 9.47 Å². The number of aryl methyl sites for hydroxylation is 1. The number of rotatable bonds is 4.